The number of hydrogen-bond donors (Lipinski definition) is 1. The van der Waals surface area contributed by atoms with Crippen molar-refractivity contribution in [2.75, 3.05) is 19.7 Å². The molecule has 0 saturated heterocycles. The Labute approximate surface area is 138 Å². The van der Waals surface area contributed by atoms with Crippen LogP contribution in [0.1, 0.15) is 13.3 Å². The molecule has 0 heterocycles. The van der Waals surface area contributed by atoms with Gasteiger partial charge in [-0.15, -0.1) is 0 Å². The van der Waals surface area contributed by atoms with Crippen molar-refractivity contribution in [3.05, 3.63) is 27.2 Å². The highest BCUT2D eigenvalue weighted by Gasteiger charge is 2.13. The highest BCUT2D eigenvalue weighted by atomic mass is 35.5. The fraction of sp³-hybridized carbons (Fsp3) is 0.385. The van der Waals surface area contributed by atoms with Crippen molar-refractivity contribution in [3.63, 3.8) is 0 Å². The van der Waals surface area contributed by atoms with Gasteiger partial charge in [0.15, 0.2) is 5.75 Å². The fourth-order valence-electron chi connectivity index (χ4n) is 1.45. The van der Waals surface area contributed by atoms with Crippen LogP contribution in [0.3, 0.4) is 0 Å². The van der Waals surface area contributed by atoms with Crippen molar-refractivity contribution in [1.29, 1.82) is 0 Å². The molecular weight excluding hydrogens is 339 g/mol. The Balaban J connectivity index is 2.55. The SMILES string of the molecule is CCCNC(=O)N(C=O)CCOc1c(Cl)cc(Cl)cc1Cl. The maximum absolute atomic E-state index is 11.6. The summed E-state index contributed by atoms with van der Waals surface area (Å²) in [6.07, 6.45) is 1.23. The van der Waals surface area contributed by atoms with Crippen LogP contribution >= 0.6 is 34.8 Å². The van der Waals surface area contributed by atoms with E-state index in [9.17, 15) is 9.59 Å². The highest BCUT2D eigenvalue weighted by molar-refractivity contribution is 6.40. The number of amides is 3. The van der Waals surface area contributed by atoms with Gasteiger partial charge in [-0.05, 0) is 18.6 Å². The largest absolute Gasteiger partial charge is 0.489 e. The fourth-order valence-corrected chi connectivity index (χ4v) is 2.37. The van der Waals surface area contributed by atoms with E-state index in [2.05, 4.69) is 5.32 Å². The van der Waals surface area contributed by atoms with E-state index in [0.717, 1.165) is 11.3 Å². The normalized spacial score (nSPS) is 10.1. The minimum atomic E-state index is -0.469. The first-order valence-electron chi connectivity index (χ1n) is 6.26. The van der Waals surface area contributed by atoms with Gasteiger partial charge in [0, 0.05) is 11.6 Å². The molecule has 1 aromatic carbocycles. The molecule has 1 aromatic rings. The van der Waals surface area contributed by atoms with Gasteiger partial charge in [-0.3, -0.25) is 9.69 Å². The maximum atomic E-state index is 11.6. The van der Waals surface area contributed by atoms with Crippen LogP contribution in [0.4, 0.5) is 4.79 Å². The van der Waals surface area contributed by atoms with Crippen molar-refractivity contribution in [2.45, 2.75) is 13.3 Å². The van der Waals surface area contributed by atoms with E-state index in [1.165, 1.54) is 12.1 Å². The van der Waals surface area contributed by atoms with Gasteiger partial charge in [0.25, 0.3) is 0 Å². The first kappa shape index (κ1) is 17.9. The van der Waals surface area contributed by atoms with Gasteiger partial charge >= 0.3 is 6.03 Å². The summed E-state index contributed by atoms with van der Waals surface area (Å²) in [4.78, 5) is 23.5. The lowest BCUT2D eigenvalue weighted by atomic mass is 10.3. The zero-order valence-corrected chi connectivity index (χ0v) is 13.6. The molecule has 0 atom stereocenters. The number of halogens is 3. The van der Waals surface area contributed by atoms with Crippen LogP contribution in [0.5, 0.6) is 5.75 Å². The number of hydrogen-bond acceptors (Lipinski definition) is 3. The summed E-state index contributed by atoms with van der Waals surface area (Å²) in [6.45, 7) is 2.56. The first-order chi connectivity index (χ1) is 9.99. The molecule has 1 N–H and O–H groups in total. The van der Waals surface area contributed by atoms with E-state index in [1.54, 1.807) is 0 Å². The summed E-state index contributed by atoms with van der Waals surface area (Å²) in [6, 6.07) is 2.52. The van der Waals surface area contributed by atoms with Crippen molar-refractivity contribution in [1.82, 2.24) is 10.2 Å². The molecule has 0 aromatic heterocycles. The molecule has 5 nitrogen and oxygen atoms in total. The van der Waals surface area contributed by atoms with E-state index < -0.39 is 6.03 Å². The first-order valence-corrected chi connectivity index (χ1v) is 7.40. The molecule has 0 unspecified atom stereocenters. The van der Waals surface area contributed by atoms with Crippen LogP contribution in [0.2, 0.25) is 15.1 Å². The van der Waals surface area contributed by atoms with Gasteiger partial charge in [0.2, 0.25) is 6.41 Å². The van der Waals surface area contributed by atoms with E-state index in [1.807, 2.05) is 6.92 Å². The molecule has 0 aliphatic carbocycles. The lowest BCUT2D eigenvalue weighted by molar-refractivity contribution is -0.115. The summed E-state index contributed by atoms with van der Waals surface area (Å²) in [7, 11) is 0. The van der Waals surface area contributed by atoms with E-state index >= 15 is 0 Å². The number of carbonyl (C=O) groups excluding carboxylic acids is 2. The second kappa shape index (κ2) is 8.97. The Kier molecular flexibility index (Phi) is 7.64. The quantitative estimate of drug-likeness (QED) is 0.762. The topological polar surface area (TPSA) is 58.6 Å². The van der Waals surface area contributed by atoms with E-state index in [0.29, 0.717) is 18.0 Å². The molecule has 1 rings (SSSR count). The molecule has 0 radical (unpaired) electrons. The number of urea groups is 1. The maximum Gasteiger partial charge on any atom is 0.323 e. The Hall–Kier alpha value is -1.17. The van der Waals surface area contributed by atoms with Gasteiger partial charge in [-0.25, -0.2) is 4.79 Å². The zero-order chi connectivity index (χ0) is 15.8. The van der Waals surface area contributed by atoms with E-state index in [4.69, 9.17) is 39.5 Å². The van der Waals surface area contributed by atoms with Gasteiger partial charge in [-0.1, -0.05) is 41.7 Å². The van der Waals surface area contributed by atoms with Crippen molar-refractivity contribution < 1.29 is 14.3 Å². The van der Waals surface area contributed by atoms with Crippen LogP contribution < -0.4 is 10.1 Å². The smallest absolute Gasteiger partial charge is 0.323 e. The molecule has 3 amide bonds. The predicted octanol–water partition coefficient (Wildman–Crippen LogP) is 3.60. The molecule has 0 aliphatic rings. The van der Waals surface area contributed by atoms with Gasteiger partial charge < -0.3 is 10.1 Å². The van der Waals surface area contributed by atoms with Crippen molar-refractivity contribution in [2.24, 2.45) is 0 Å². The second-order valence-corrected chi connectivity index (χ2v) is 5.33. The standard InChI is InChI=1S/C13H15Cl3N2O3/c1-2-3-17-13(20)18(8-19)4-5-21-12-10(15)6-9(14)7-11(12)16/h6-8H,2-5H2,1H3,(H,17,20). The molecule has 0 saturated carbocycles. The van der Waals surface area contributed by atoms with Gasteiger partial charge in [0.05, 0.1) is 16.6 Å². The molecule has 0 aliphatic heterocycles. The molecule has 0 spiro atoms. The van der Waals surface area contributed by atoms with Crippen molar-refractivity contribution >= 4 is 47.2 Å². The van der Waals surface area contributed by atoms with Gasteiger partial charge in [-0.2, -0.15) is 0 Å². The van der Waals surface area contributed by atoms with Crippen molar-refractivity contribution in [3.8, 4) is 5.75 Å². The number of nitrogens with zero attached hydrogens (tertiary/aromatic N) is 1. The van der Waals surface area contributed by atoms with Crippen LogP contribution in [-0.4, -0.2) is 37.0 Å². The van der Waals surface area contributed by atoms with Crippen LogP contribution in [0.15, 0.2) is 12.1 Å². The number of benzene rings is 1. The molecule has 8 heteroatoms. The summed E-state index contributed by atoms with van der Waals surface area (Å²) in [5.74, 6) is 0.266. The second-order valence-electron chi connectivity index (χ2n) is 4.08. The third kappa shape index (κ3) is 5.61. The average Bonchev–Trinajstić information content (AvgIpc) is 2.43. The minimum Gasteiger partial charge on any atom is -0.489 e. The Morgan fingerprint density at radius 1 is 1.33 bits per heavy atom. The average molecular weight is 354 g/mol. The summed E-state index contributed by atoms with van der Waals surface area (Å²) < 4.78 is 5.41. The summed E-state index contributed by atoms with van der Waals surface area (Å²) in [5, 5.41) is 3.52. The number of rotatable bonds is 7. The lowest BCUT2D eigenvalue weighted by Gasteiger charge is -2.17. The molecule has 21 heavy (non-hydrogen) atoms. The molecule has 0 fully saturated rings. The third-order valence-electron chi connectivity index (χ3n) is 2.46. The van der Waals surface area contributed by atoms with E-state index in [-0.39, 0.29) is 28.9 Å². The summed E-state index contributed by atoms with van der Waals surface area (Å²) in [5.41, 5.74) is 0. The number of imide groups is 1. The third-order valence-corrected chi connectivity index (χ3v) is 3.24. The monoisotopic (exact) mass is 352 g/mol. The zero-order valence-electron chi connectivity index (χ0n) is 11.4. The molecular formula is C13H15Cl3N2O3. The van der Waals surface area contributed by atoms with Crippen LogP contribution in [-0.2, 0) is 4.79 Å². The number of carbonyl (C=O) groups is 2. The van der Waals surface area contributed by atoms with Gasteiger partial charge in [0.1, 0.15) is 6.61 Å². The summed E-state index contributed by atoms with van der Waals surface area (Å²) >= 11 is 17.7. The van der Waals surface area contributed by atoms with Crippen LogP contribution in [0, 0.1) is 0 Å². The predicted molar refractivity (Wildman–Crippen MR) is 83.4 cm³/mol. The number of nitrogens with one attached hydrogen (secondary N) is 1. The Morgan fingerprint density at radius 3 is 2.48 bits per heavy atom. The molecule has 0 bridgehead atoms. The lowest BCUT2D eigenvalue weighted by Crippen LogP contribution is -2.41. The van der Waals surface area contributed by atoms with Crippen LogP contribution in [0.25, 0.3) is 0 Å². The Morgan fingerprint density at radius 2 is 1.95 bits per heavy atom. The molecule has 116 valence electrons. The number of ether oxygens (including phenoxy) is 1. The Bertz CT molecular complexity index is 488. The highest BCUT2D eigenvalue weighted by Crippen LogP contribution is 2.35. The minimum absolute atomic E-state index is 0.0688.